The van der Waals surface area contributed by atoms with Gasteiger partial charge in [0, 0.05) is 39.1 Å². The molecule has 1 aliphatic heterocycles. The number of halogens is 1. The largest absolute Gasteiger partial charge is 0.374 e. The first kappa shape index (κ1) is 24.5. The van der Waals surface area contributed by atoms with Crippen LogP contribution in [0.3, 0.4) is 0 Å². The van der Waals surface area contributed by atoms with E-state index < -0.39 is 11.8 Å². The molecule has 0 aliphatic carbocycles. The molecule has 1 fully saturated rings. The van der Waals surface area contributed by atoms with E-state index in [4.69, 9.17) is 21.7 Å². The van der Waals surface area contributed by atoms with Gasteiger partial charge < -0.3 is 31.4 Å². The van der Waals surface area contributed by atoms with Crippen molar-refractivity contribution in [2.45, 2.75) is 6.10 Å². The topological polar surface area (TPSA) is 151 Å². The monoisotopic (exact) mass is 475 g/mol. The molecule has 1 aliphatic rings. The highest BCUT2D eigenvalue weighted by atomic mass is 35.5. The molecular formula is C21H28ClN8O3+. The number of nitrogens with two attached hydrogens (primary N) is 1. The van der Waals surface area contributed by atoms with Crippen LogP contribution in [0.15, 0.2) is 30.6 Å². The van der Waals surface area contributed by atoms with Crippen LogP contribution in [0.1, 0.15) is 26.7 Å². The smallest absolute Gasteiger partial charge is 0.274 e. The summed E-state index contributed by atoms with van der Waals surface area (Å²) in [5.74, 6) is -0.429. The summed E-state index contributed by atoms with van der Waals surface area (Å²) in [5.41, 5.74) is 1.55. The Balaban J connectivity index is 1.69. The second kappa shape index (κ2) is 12.2. The maximum Gasteiger partial charge on any atom is 0.274 e. The first-order valence-electron chi connectivity index (χ1n) is 10.5. The second-order valence-corrected chi connectivity index (χ2v) is 7.69. The number of morpholine rings is 1. The Morgan fingerprint density at radius 2 is 2.21 bits per heavy atom. The number of nitrogens with one attached hydrogen (secondary N) is 4. The molecule has 0 spiro atoms. The minimum absolute atomic E-state index is 0.0986. The van der Waals surface area contributed by atoms with Crippen molar-refractivity contribution in [3.63, 3.8) is 0 Å². The summed E-state index contributed by atoms with van der Waals surface area (Å²) in [6.07, 6.45) is 4.35. The molecule has 2 amide bonds. The number of hydrogen-bond donors (Lipinski definition) is 5. The minimum atomic E-state index is -0.493. The highest BCUT2D eigenvalue weighted by Crippen LogP contribution is 2.16. The van der Waals surface area contributed by atoms with E-state index >= 15 is 0 Å². The van der Waals surface area contributed by atoms with Crippen molar-refractivity contribution in [2.75, 3.05) is 44.0 Å². The highest BCUT2D eigenvalue weighted by Gasteiger charge is 2.21. The quantitative estimate of drug-likeness (QED) is 0.179. The lowest BCUT2D eigenvalue weighted by atomic mass is 10.2. The Bertz CT molecular complexity index is 1020. The van der Waals surface area contributed by atoms with E-state index in [2.05, 4.69) is 26.0 Å². The van der Waals surface area contributed by atoms with Gasteiger partial charge in [0.25, 0.3) is 11.8 Å². The molecule has 1 atom stereocenters. The van der Waals surface area contributed by atoms with Crippen LogP contribution in [0.2, 0.25) is 0 Å². The molecule has 0 saturated carbocycles. The Kier molecular flexibility index (Phi) is 9.07. The van der Waals surface area contributed by atoms with E-state index in [9.17, 15) is 9.59 Å². The van der Waals surface area contributed by atoms with Gasteiger partial charge in [0.15, 0.2) is 5.69 Å². The predicted molar refractivity (Wildman–Crippen MR) is 125 cm³/mol. The molecule has 3 rings (SSSR count). The van der Waals surface area contributed by atoms with Crippen molar-refractivity contribution in [3.05, 3.63) is 47.7 Å². The Hall–Kier alpha value is -3.12. The van der Waals surface area contributed by atoms with Gasteiger partial charge in [-0.1, -0.05) is 6.07 Å². The summed E-state index contributed by atoms with van der Waals surface area (Å²) >= 11 is 5.68. The van der Waals surface area contributed by atoms with Crippen molar-refractivity contribution >= 4 is 40.9 Å². The lowest BCUT2D eigenvalue weighted by Crippen LogP contribution is -2.78. The molecule has 0 bridgehead atoms. The number of hydrogen-bond acceptors (Lipinski definition) is 7. The van der Waals surface area contributed by atoms with Crippen LogP contribution in [0.4, 0.5) is 5.69 Å². The molecule has 6 N–H and O–H groups in total. The average molecular weight is 476 g/mol. The number of pyridine rings is 1. The van der Waals surface area contributed by atoms with Crippen LogP contribution in [0.5, 0.6) is 0 Å². The van der Waals surface area contributed by atoms with Crippen LogP contribution in [-0.4, -0.2) is 77.6 Å². The van der Waals surface area contributed by atoms with Gasteiger partial charge >= 0.3 is 0 Å². The summed E-state index contributed by atoms with van der Waals surface area (Å²) in [4.78, 5) is 29.9. The van der Waals surface area contributed by atoms with Gasteiger partial charge in [0.2, 0.25) is 0 Å². The molecule has 0 radical (unpaired) electrons. The molecule has 2 aromatic rings. The van der Waals surface area contributed by atoms with Gasteiger partial charge in [0.05, 0.1) is 42.1 Å². The van der Waals surface area contributed by atoms with Gasteiger partial charge in [-0.3, -0.25) is 14.3 Å². The van der Waals surface area contributed by atoms with Crippen LogP contribution < -0.4 is 21.3 Å². The number of carbonyl (C=O) groups is 2. The number of ether oxygens (including phenoxy) is 1. The fraction of sp³-hybridized carbons (Fsp3) is 0.381. The van der Waals surface area contributed by atoms with E-state index in [0.717, 1.165) is 6.54 Å². The van der Waals surface area contributed by atoms with Crippen molar-refractivity contribution in [3.8, 4) is 0 Å². The van der Waals surface area contributed by atoms with Crippen molar-refractivity contribution in [2.24, 2.45) is 7.05 Å². The van der Waals surface area contributed by atoms with E-state index in [0.29, 0.717) is 43.4 Å². The van der Waals surface area contributed by atoms with Crippen LogP contribution in [0.25, 0.3) is 5.57 Å². The number of alkyl halides is 1. The van der Waals surface area contributed by atoms with Crippen LogP contribution >= 0.6 is 11.6 Å². The van der Waals surface area contributed by atoms with Crippen molar-refractivity contribution in [1.29, 1.82) is 5.41 Å². The molecule has 1 unspecified atom stereocenters. The highest BCUT2D eigenvalue weighted by molar-refractivity contribution is 6.18. The van der Waals surface area contributed by atoms with Crippen LogP contribution in [0, 0.1) is 5.41 Å². The Labute approximate surface area is 196 Å². The van der Waals surface area contributed by atoms with Crippen LogP contribution in [-0.2, 0) is 11.8 Å². The third kappa shape index (κ3) is 6.93. The van der Waals surface area contributed by atoms with Gasteiger partial charge in [-0.2, -0.15) is 5.10 Å². The number of quaternary nitrogens is 1. The van der Waals surface area contributed by atoms with E-state index in [-0.39, 0.29) is 23.2 Å². The molecule has 12 heteroatoms. The fourth-order valence-electron chi connectivity index (χ4n) is 3.18. The number of carbonyl (C=O) groups excluding carboxylic acids is 2. The minimum Gasteiger partial charge on any atom is -0.374 e. The predicted octanol–water partition coefficient (Wildman–Crippen LogP) is -0.422. The van der Waals surface area contributed by atoms with Crippen molar-refractivity contribution < 1.29 is 19.6 Å². The van der Waals surface area contributed by atoms with Crippen molar-refractivity contribution in [1.82, 2.24) is 25.4 Å². The third-order valence-corrected chi connectivity index (χ3v) is 5.01. The van der Waals surface area contributed by atoms with Gasteiger partial charge in [-0.05, 0) is 12.1 Å². The molecule has 176 valence electrons. The zero-order valence-corrected chi connectivity index (χ0v) is 19.1. The first-order chi connectivity index (χ1) is 16.0. The standard InChI is InChI=1S/C21H27ClN8O3/c1-30-13-18(19(29-30)21(32)26-12-15-11-25-7-8-33-15)28-20(31)17-4-2-3-16(27-17)14(9-23)10-24-6-5-22/h2-4,9-10,13,15,23-25H,5-8,11-12H2,1H3,(H,26,32)(H,28,31)/p+1/b14-10+,23-9?. The Morgan fingerprint density at radius 1 is 1.39 bits per heavy atom. The maximum absolute atomic E-state index is 12.9. The molecule has 1 saturated heterocycles. The molecule has 0 aromatic carbocycles. The number of aryl methyl sites for hydroxylation is 1. The first-order valence-corrected chi connectivity index (χ1v) is 11.1. The zero-order valence-electron chi connectivity index (χ0n) is 18.3. The molecule has 3 heterocycles. The third-order valence-electron chi connectivity index (χ3n) is 4.79. The van der Waals surface area contributed by atoms with Gasteiger partial charge in [-0.15, -0.1) is 11.6 Å². The van der Waals surface area contributed by atoms with E-state index in [1.54, 1.807) is 37.6 Å². The summed E-state index contributed by atoms with van der Waals surface area (Å²) < 4.78 is 7.04. The lowest BCUT2D eigenvalue weighted by molar-refractivity contribution is -0.582. The number of allylic oxidation sites excluding steroid dienone is 1. The van der Waals surface area contributed by atoms with Gasteiger partial charge in [-0.25, -0.2) is 4.98 Å². The number of anilines is 1. The number of amides is 2. The summed E-state index contributed by atoms with van der Waals surface area (Å²) in [6, 6.07) is 4.96. The van der Waals surface area contributed by atoms with E-state index in [1.807, 2.05) is 5.32 Å². The Morgan fingerprint density at radius 3 is 2.94 bits per heavy atom. The summed E-state index contributed by atoms with van der Waals surface area (Å²) in [5, 5.41) is 22.4. The normalized spacial score (nSPS) is 16.3. The maximum atomic E-state index is 12.9. The average Bonchev–Trinajstić information content (AvgIpc) is 3.21. The lowest BCUT2D eigenvalue weighted by Gasteiger charge is -2.23. The van der Waals surface area contributed by atoms with E-state index in [1.165, 1.54) is 10.9 Å². The summed E-state index contributed by atoms with van der Waals surface area (Å²) in [6.45, 7) is 3.03. The summed E-state index contributed by atoms with van der Waals surface area (Å²) in [7, 11) is 1.66. The number of nitrogens with zero attached hydrogens (tertiary/aromatic N) is 3. The molecule has 11 nitrogen and oxygen atoms in total. The number of aromatic nitrogens is 3. The zero-order chi connectivity index (χ0) is 23.6. The molecular weight excluding hydrogens is 448 g/mol. The second-order valence-electron chi connectivity index (χ2n) is 7.31. The van der Waals surface area contributed by atoms with Gasteiger partial charge in [0.1, 0.15) is 11.9 Å². The fourth-order valence-corrected chi connectivity index (χ4v) is 3.30. The molecule has 33 heavy (non-hydrogen) atoms. The SMILES string of the molecule is Cn1cc(NC(=O)c2cccc(/C(C=N)=C/[NH2+]CCCl)n2)c(C(=O)NCC2CNCCO2)n1. The number of rotatable bonds is 10. The molecule has 2 aromatic heterocycles.